The second-order valence-corrected chi connectivity index (χ2v) is 8.36. The summed E-state index contributed by atoms with van der Waals surface area (Å²) in [6.45, 7) is 8.63. The number of hydrogen-bond donors (Lipinski definition) is 2. The number of likely N-dealkylation sites (tertiary alicyclic amines) is 1. The molecule has 2 fully saturated rings. The Bertz CT molecular complexity index is 727. The molecule has 1 aromatic heterocycles. The van der Waals surface area contributed by atoms with Crippen molar-refractivity contribution in [1.29, 1.82) is 0 Å². The SMILES string of the molecule is Cc1cnc(OCC(C)(C)C(=O)N[C@H]2CN(C(=O)O)CC23CC3)c(C)c1. The number of amides is 2. The molecule has 1 aliphatic heterocycles. The fraction of sp³-hybridized carbons (Fsp3) is 0.632. The van der Waals surface area contributed by atoms with Crippen LogP contribution in [0.25, 0.3) is 0 Å². The van der Waals surface area contributed by atoms with Crippen LogP contribution in [0.4, 0.5) is 4.79 Å². The number of nitrogens with zero attached hydrogens (tertiary/aromatic N) is 2. The predicted molar refractivity (Wildman–Crippen MR) is 96.2 cm³/mol. The number of rotatable bonds is 5. The van der Waals surface area contributed by atoms with Crippen LogP contribution in [0.15, 0.2) is 12.3 Å². The minimum absolute atomic E-state index is 0.0694. The first-order valence-corrected chi connectivity index (χ1v) is 8.98. The number of ether oxygens (including phenoxy) is 1. The molecule has 2 aliphatic rings. The zero-order valence-corrected chi connectivity index (χ0v) is 15.8. The third-order valence-corrected chi connectivity index (χ3v) is 5.47. The van der Waals surface area contributed by atoms with Crippen molar-refractivity contribution >= 4 is 12.0 Å². The average Bonchev–Trinajstić information content (AvgIpc) is 3.23. The Hall–Kier alpha value is -2.31. The largest absolute Gasteiger partial charge is 0.476 e. The van der Waals surface area contributed by atoms with E-state index in [1.165, 1.54) is 4.90 Å². The van der Waals surface area contributed by atoms with E-state index in [1.807, 2.05) is 33.8 Å². The maximum atomic E-state index is 12.8. The molecule has 2 heterocycles. The Morgan fingerprint density at radius 1 is 1.42 bits per heavy atom. The second kappa shape index (κ2) is 6.45. The third-order valence-electron chi connectivity index (χ3n) is 5.47. The molecule has 1 saturated carbocycles. The fourth-order valence-corrected chi connectivity index (χ4v) is 3.50. The molecule has 0 unspecified atom stereocenters. The summed E-state index contributed by atoms with van der Waals surface area (Å²) in [5.74, 6) is 0.416. The molecule has 26 heavy (non-hydrogen) atoms. The van der Waals surface area contributed by atoms with Gasteiger partial charge in [-0.3, -0.25) is 4.79 Å². The molecule has 2 amide bonds. The molecule has 1 atom stereocenters. The highest BCUT2D eigenvalue weighted by Crippen LogP contribution is 2.52. The van der Waals surface area contributed by atoms with E-state index in [-0.39, 0.29) is 24.0 Å². The van der Waals surface area contributed by atoms with Crippen LogP contribution in [-0.4, -0.2) is 52.7 Å². The van der Waals surface area contributed by atoms with E-state index < -0.39 is 11.5 Å². The highest BCUT2D eigenvalue weighted by atomic mass is 16.5. The van der Waals surface area contributed by atoms with E-state index in [4.69, 9.17) is 4.74 Å². The third kappa shape index (κ3) is 3.61. The lowest BCUT2D eigenvalue weighted by atomic mass is 9.91. The summed E-state index contributed by atoms with van der Waals surface area (Å²) < 4.78 is 5.79. The quantitative estimate of drug-likeness (QED) is 0.840. The maximum absolute atomic E-state index is 12.8. The van der Waals surface area contributed by atoms with Gasteiger partial charge in [0.1, 0.15) is 6.61 Å². The van der Waals surface area contributed by atoms with Crippen LogP contribution in [0, 0.1) is 24.7 Å². The van der Waals surface area contributed by atoms with Gasteiger partial charge in [-0.1, -0.05) is 0 Å². The van der Waals surface area contributed by atoms with E-state index in [9.17, 15) is 14.7 Å². The molecule has 1 saturated heterocycles. The standard InChI is InChI=1S/C19H27N3O4/c1-12-7-13(2)15(20-8-12)26-11-18(3,4)16(23)21-14-9-22(17(24)25)10-19(14)5-6-19/h7-8,14H,5-6,9-11H2,1-4H3,(H,21,23)(H,24,25)/t14-/m0/s1. The molecule has 0 bridgehead atoms. The van der Waals surface area contributed by atoms with Gasteiger partial charge < -0.3 is 20.1 Å². The van der Waals surface area contributed by atoms with E-state index in [0.29, 0.717) is 19.0 Å². The fourth-order valence-electron chi connectivity index (χ4n) is 3.50. The first-order valence-electron chi connectivity index (χ1n) is 8.98. The second-order valence-electron chi connectivity index (χ2n) is 8.36. The lowest BCUT2D eigenvalue weighted by Gasteiger charge is -2.27. The number of carboxylic acid groups (broad SMARTS) is 1. The number of nitrogens with one attached hydrogen (secondary N) is 1. The zero-order valence-electron chi connectivity index (χ0n) is 15.8. The molecule has 1 spiro atoms. The van der Waals surface area contributed by atoms with Gasteiger partial charge in [0.05, 0.1) is 11.5 Å². The van der Waals surface area contributed by atoms with Crippen molar-refractivity contribution in [2.45, 2.75) is 46.6 Å². The van der Waals surface area contributed by atoms with Crippen LogP contribution in [-0.2, 0) is 4.79 Å². The van der Waals surface area contributed by atoms with Crippen molar-refractivity contribution < 1.29 is 19.4 Å². The number of pyridine rings is 1. The summed E-state index contributed by atoms with van der Waals surface area (Å²) in [5, 5.41) is 12.3. The molecule has 7 heteroatoms. The number of hydrogen-bond acceptors (Lipinski definition) is 4. The van der Waals surface area contributed by atoms with Crippen LogP contribution in [0.5, 0.6) is 5.88 Å². The molecule has 0 aromatic carbocycles. The summed E-state index contributed by atoms with van der Waals surface area (Å²) in [6, 6.07) is 1.87. The topological polar surface area (TPSA) is 91.8 Å². The van der Waals surface area contributed by atoms with Gasteiger partial charge in [0.25, 0.3) is 0 Å². The lowest BCUT2D eigenvalue weighted by molar-refractivity contribution is -0.131. The summed E-state index contributed by atoms with van der Waals surface area (Å²) >= 11 is 0. The first-order chi connectivity index (χ1) is 12.1. The zero-order chi connectivity index (χ0) is 19.1. The molecular weight excluding hydrogens is 334 g/mol. The van der Waals surface area contributed by atoms with Gasteiger partial charge in [0.15, 0.2) is 0 Å². The number of aromatic nitrogens is 1. The summed E-state index contributed by atoms with van der Waals surface area (Å²) in [7, 11) is 0. The van der Waals surface area contributed by atoms with Crippen molar-refractivity contribution in [2.75, 3.05) is 19.7 Å². The number of carbonyl (C=O) groups is 2. The minimum Gasteiger partial charge on any atom is -0.476 e. The molecular formula is C19H27N3O4. The molecule has 2 N–H and O–H groups in total. The molecule has 7 nitrogen and oxygen atoms in total. The molecule has 142 valence electrons. The van der Waals surface area contributed by atoms with Gasteiger partial charge in [-0.2, -0.15) is 0 Å². The van der Waals surface area contributed by atoms with Gasteiger partial charge in [0, 0.05) is 30.3 Å². The van der Waals surface area contributed by atoms with Crippen LogP contribution < -0.4 is 10.1 Å². The lowest BCUT2D eigenvalue weighted by Crippen LogP contribution is -2.49. The highest BCUT2D eigenvalue weighted by molar-refractivity contribution is 5.82. The van der Waals surface area contributed by atoms with Gasteiger partial charge in [-0.05, 0) is 52.2 Å². The van der Waals surface area contributed by atoms with Gasteiger partial charge >= 0.3 is 6.09 Å². The van der Waals surface area contributed by atoms with Crippen molar-refractivity contribution in [1.82, 2.24) is 15.2 Å². The monoisotopic (exact) mass is 361 g/mol. The van der Waals surface area contributed by atoms with Gasteiger partial charge in [-0.25, -0.2) is 9.78 Å². The molecule has 1 aliphatic carbocycles. The number of aryl methyl sites for hydroxylation is 2. The maximum Gasteiger partial charge on any atom is 0.407 e. The Labute approximate surface area is 153 Å². The van der Waals surface area contributed by atoms with Crippen molar-refractivity contribution in [2.24, 2.45) is 10.8 Å². The van der Waals surface area contributed by atoms with Crippen LogP contribution >= 0.6 is 0 Å². The van der Waals surface area contributed by atoms with Crippen molar-refractivity contribution in [3.05, 3.63) is 23.4 Å². The summed E-state index contributed by atoms with van der Waals surface area (Å²) in [4.78, 5) is 29.7. The minimum atomic E-state index is -0.920. The van der Waals surface area contributed by atoms with Gasteiger partial charge in [-0.15, -0.1) is 0 Å². The van der Waals surface area contributed by atoms with E-state index >= 15 is 0 Å². The first kappa shape index (κ1) is 18.5. The number of carbonyl (C=O) groups excluding carboxylic acids is 1. The summed E-state index contributed by atoms with van der Waals surface area (Å²) in [5.41, 5.74) is 1.18. The normalized spacial score (nSPS) is 20.9. The van der Waals surface area contributed by atoms with Crippen LogP contribution in [0.3, 0.4) is 0 Å². The van der Waals surface area contributed by atoms with Gasteiger partial charge in [0.2, 0.25) is 11.8 Å². The van der Waals surface area contributed by atoms with Crippen molar-refractivity contribution in [3.63, 3.8) is 0 Å². The molecule has 0 radical (unpaired) electrons. The van der Waals surface area contributed by atoms with E-state index in [1.54, 1.807) is 6.20 Å². The highest BCUT2D eigenvalue weighted by Gasteiger charge is 2.57. The van der Waals surface area contributed by atoms with Crippen LogP contribution in [0.1, 0.15) is 37.8 Å². The Kier molecular flexibility index (Phi) is 4.58. The van der Waals surface area contributed by atoms with E-state index in [2.05, 4.69) is 10.3 Å². The Morgan fingerprint density at radius 2 is 2.12 bits per heavy atom. The van der Waals surface area contributed by atoms with Crippen LogP contribution in [0.2, 0.25) is 0 Å². The Morgan fingerprint density at radius 3 is 2.69 bits per heavy atom. The summed E-state index contributed by atoms with van der Waals surface area (Å²) in [6.07, 6.45) is 2.75. The average molecular weight is 361 g/mol. The van der Waals surface area contributed by atoms with Crippen molar-refractivity contribution in [3.8, 4) is 5.88 Å². The Balaban J connectivity index is 1.60. The molecule has 3 rings (SSSR count). The molecule has 1 aromatic rings. The van der Waals surface area contributed by atoms with E-state index in [0.717, 1.165) is 24.0 Å². The smallest absolute Gasteiger partial charge is 0.407 e. The predicted octanol–water partition coefficient (Wildman–Crippen LogP) is 2.36.